The lowest BCUT2D eigenvalue weighted by Gasteiger charge is -2.10. The van der Waals surface area contributed by atoms with Crippen LogP contribution in [0.4, 0.5) is 0 Å². The number of aryl methyl sites for hydroxylation is 2. The summed E-state index contributed by atoms with van der Waals surface area (Å²) in [6.07, 6.45) is 0. The maximum absolute atomic E-state index is 11.8. The minimum Gasteiger partial charge on any atom is -0.492 e. The molecule has 0 spiro atoms. The fraction of sp³-hybridized carbons (Fsp3) is 0.278. The molecule has 0 aliphatic rings. The van der Waals surface area contributed by atoms with Gasteiger partial charge in [0.2, 0.25) is 0 Å². The molecule has 0 saturated carbocycles. The second kappa shape index (κ2) is 8.94. The second-order valence-electron chi connectivity index (χ2n) is 5.39. The Morgan fingerprint density at radius 2 is 1.83 bits per heavy atom. The highest BCUT2D eigenvalue weighted by molar-refractivity contribution is 9.10. The van der Waals surface area contributed by atoms with E-state index in [9.17, 15) is 4.79 Å². The highest BCUT2D eigenvalue weighted by Gasteiger charge is 2.06. The SMILES string of the molecule is Cc1cc(C)cc(OCCNC(=O)COc2ccc(Cl)cc2Br)c1. The first-order chi connectivity index (χ1) is 11.4. The summed E-state index contributed by atoms with van der Waals surface area (Å²) < 4.78 is 11.8. The van der Waals surface area contributed by atoms with Crippen LogP contribution in [-0.4, -0.2) is 25.7 Å². The molecule has 24 heavy (non-hydrogen) atoms. The third-order valence-electron chi connectivity index (χ3n) is 3.14. The van der Waals surface area contributed by atoms with Crippen molar-refractivity contribution in [2.75, 3.05) is 19.8 Å². The molecule has 128 valence electrons. The van der Waals surface area contributed by atoms with Crippen molar-refractivity contribution in [3.05, 3.63) is 57.0 Å². The van der Waals surface area contributed by atoms with Crippen LogP contribution in [0.15, 0.2) is 40.9 Å². The first-order valence-electron chi connectivity index (χ1n) is 7.49. The Labute approximate surface area is 155 Å². The third kappa shape index (κ3) is 6.06. The van der Waals surface area contributed by atoms with E-state index in [4.69, 9.17) is 21.1 Å². The van der Waals surface area contributed by atoms with Gasteiger partial charge in [0, 0.05) is 5.02 Å². The molecule has 4 nitrogen and oxygen atoms in total. The second-order valence-corrected chi connectivity index (χ2v) is 6.68. The summed E-state index contributed by atoms with van der Waals surface area (Å²) in [6, 6.07) is 11.2. The summed E-state index contributed by atoms with van der Waals surface area (Å²) in [7, 11) is 0. The molecule has 1 amide bonds. The van der Waals surface area contributed by atoms with Gasteiger partial charge in [0.1, 0.15) is 18.1 Å². The Kier molecular flexibility index (Phi) is 6.94. The number of carbonyl (C=O) groups excluding carboxylic acids is 1. The van der Waals surface area contributed by atoms with Crippen molar-refractivity contribution < 1.29 is 14.3 Å². The zero-order chi connectivity index (χ0) is 17.5. The van der Waals surface area contributed by atoms with E-state index in [0.717, 1.165) is 16.9 Å². The molecule has 0 heterocycles. The van der Waals surface area contributed by atoms with Crippen LogP contribution in [0.2, 0.25) is 5.02 Å². The predicted octanol–water partition coefficient (Wildman–Crippen LogP) is 4.29. The molecule has 0 saturated heterocycles. The van der Waals surface area contributed by atoms with Gasteiger partial charge in [-0.25, -0.2) is 0 Å². The minimum atomic E-state index is -0.208. The lowest BCUT2D eigenvalue weighted by Crippen LogP contribution is -2.32. The molecule has 0 fully saturated rings. The van der Waals surface area contributed by atoms with Crippen molar-refractivity contribution in [3.63, 3.8) is 0 Å². The largest absolute Gasteiger partial charge is 0.492 e. The minimum absolute atomic E-state index is 0.0657. The van der Waals surface area contributed by atoms with Crippen LogP contribution >= 0.6 is 27.5 Å². The van der Waals surface area contributed by atoms with Crippen molar-refractivity contribution >= 4 is 33.4 Å². The van der Waals surface area contributed by atoms with Crippen LogP contribution in [-0.2, 0) is 4.79 Å². The molecule has 0 radical (unpaired) electrons. The molecule has 1 N–H and O–H groups in total. The first kappa shape index (κ1) is 18.6. The highest BCUT2D eigenvalue weighted by Crippen LogP contribution is 2.27. The van der Waals surface area contributed by atoms with E-state index in [-0.39, 0.29) is 12.5 Å². The Morgan fingerprint density at radius 1 is 1.12 bits per heavy atom. The first-order valence-corrected chi connectivity index (χ1v) is 8.67. The van der Waals surface area contributed by atoms with E-state index in [2.05, 4.69) is 27.3 Å². The monoisotopic (exact) mass is 411 g/mol. The van der Waals surface area contributed by atoms with Crippen molar-refractivity contribution in [1.29, 1.82) is 0 Å². The standard InChI is InChI=1S/C18H19BrClNO3/c1-12-7-13(2)9-15(8-12)23-6-5-21-18(22)11-24-17-4-3-14(20)10-16(17)19/h3-4,7-10H,5-6,11H2,1-2H3,(H,21,22). The number of rotatable bonds is 7. The van der Waals surface area contributed by atoms with E-state index in [1.165, 1.54) is 0 Å². The van der Waals surface area contributed by atoms with E-state index < -0.39 is 0 Å². The Balaban J connectivity index is 1.69. The smallest absolute Gasteiger partial charge is 0.258 e. The van der Waals surface area contributed by atoms with Gasteiger partial charge in [-0.2, -0.15) is 0 Å². The summed E-state index contributed by atoms with van der Waals surface area (Å²) in [4.78, 5) is 11.8. The normalized spacial score (nSPS) is 10.3. The average Bonchev–Trinajstić information content (AvgIpc) is 2.50. The lowest BCUT2D eigenvalue weighted by atomic mass is 10.1. The van der Waals surface area contributed by atoms with Gasteiger partial charge in [-0.15, -0.1) is 0 Å². The molecule has 0 bridgehead atoms. The molecule has 0 unspecified atom stereocenters. The van der Waals surface area contributed by atoms with E-state index in [1.807, 2.05) is 26.0 Å². The molecule has 2 rings (SSSR count). The Hall–Kier alpha value is -1.72. The Morgan fingerprint density at radius 3 is 2.50 bits per heavy atom. The summed E-state index contributed by atoms with van der Waals surface area (Å²) in [5.41, 5.74) is 2.30. The van der Waals surface area contributed by atoms with Crippen LogP contribution in [0.25, 0.3) is 0 Å². The van der Waals surface area contributed by atoms with Gasteiger partial charge in [0.05, 0.1) is 11.0 Å². The van der Waals surface area contributed by atoms with E-state index >= 15 is 0 Å². The maximum atomic E-state index is 11.8. The van der Waals surface area contributed by atoms with E-state index in [1.54, 1.807) is 18.2 Å². The van der Waals surface area contributed by atoms with Gasteiger partial charge in [0.25, 0.3) is 5.91 Å². The molecule has 6 heteroatoms. The molecule has 2 aromatic rings. The van der Waals surface area contributed by atoms with Gasteiger partial charge < -0.3 is 14.8 Å². The molecular formula is C18H19BrClNO3. The summed E-state index contributed by atoms with van der Waals surface area (Å²) in [5, 5.41) is 3.35. The summed E-state index contributed by atoms with van der Waals surface area (Å²) in [5.74, 6) is 1.17. The van der Waals surface area contributed by atoms with Gasteiger partial charge >= 0.3 is 0 Å². The van der Waals surface area contributed by atoms with Crippen LogP contribution in [0.3, 0.4) is 0 Å². The quantitative estimate of drug-likeness (QED) is 0.690. The number of hydrogen-bond donors (Lipinski definition) is 1. The number of halogens is 2. The number of hydrogen-bond acceptors (Lipinski definition) is 3. The molecule has 0 aliphatic carbocycles. The Bertz CT molecular complexity index is 701. The predicted molar refractivity (Wildman–Crippen MR) is 99.1 cm³/mol. The van der Waals surface area contributed by atoms with Crippen LogP contribution in [0.1, 0.15) is 11.1 Å². The molecule has 0 aromatic heterocycles. The number of nitrogens with one attached hydrogen (secondary N) is 1. The number of carbonyl (C=O) groups is 1. The van der Waals surface area contributed by atoms with Crippen LogP contribution in [0.5, 0.6) is 11.5 Å². The maximum Gasteiger partial charge on any atom is 0.258 e. The molecule has 0 atom stereocenters. The fourth-order valence-corrected chi connectivity index (χ4v) is 2.96. The van der Waals surface area contributed by atoms with E-state index in [0.29, 0.717) is 28.4 Å². The van der Waals surface area contributed by atoms with Crippen LogP contribution < -0.4 is 14.8 Å². The topological polar surface area (TPSA) is 47.6 Å². The average molecular weight is 413 g/mol. The lowest BCUT2D eigenvalue weighted by molar-refractivity contribution is -0.123. The fourth-order valence-electron chi connectivity index (χ4n) is 2.16. The number of ether oxygens (including phenoxy) is 2. The summed E-state index contributed by atoms with van der Waals surface area (Å²) in [6.45, 7) is 4.79. The van der Waals surface area contributed by atoms with Crippen molar-refractivity contribution in [3.8, 4) is 11.5 Å². The van der Waals surface area contributed by atoms with Crippen molar-refractivity contribution in [2.45, 2.75) is 13.8 Å². The van der Waals surface area contributed by atoms with Gasteiger partial charge in [-0.3, -0.25) is 4.79 Å². The van der Waals surface area contributed by atoms with Crippen molar-refractivity contribution in [1.82, 2.24) is 5.32 Å². The van der Waals surface area contributed by atoms with Crippen molar-refractivity contribution in [2.24, 2.45) is 0 Å². The number of amides is 1. The highest BCUT2D eigenvalue weighted by atomic mass is 79.9. The van der Waals surface area contributed by atoms with Gasteiger partial charge in [0.15, 0.2) is 6.61 Å². The van der Waals surface area contributed by atoms with Gasteiger partial charge in [-0.1, -0.05) is 17.7 Å². The van der Waals surface area contributed by atoms with Gasteiger partial charge in [-0.05, 0) is 71.2 Å². The summed E-state index contributed by atoms with van der Waals surface area (Å²) >= 11 is 9.19. The zero-order valence-electron chi connectivity index (χ0n) is 13.6. The van der Waals surface area contributed by atoms with Crippen LogP contribution in [0, 0.1) is 13.8 Å². The molecule has 2 aromatic carbocycles. The molecular weight excluding hydrogens is 394 g/mol. The number of benzene rings is 2. The molecule has 0 aliphatic heterocycles. The zero-order valence-corrected chi connectivity index (χ0v) is 15.9. The third-order valence-corrected chi connectivity index (χ3v) is 4.00.